The van der Waals surface area contributed by atoms with Crippen molar-refractivity contribution in [2.24, 2.45) is 0 Å². The van der Waals surface area contributed by atoms with Gasteiger partial charge in [0.15, 0.2) is 0 Å². The number of ether oxygens (including phenoxy) is 1. The molecule has 2 aromatic carbocycles. The number of benzene rings is 2. The molecular weight excluding hydrogens is 372 g/mol. The molecule has 1 N–H and O–H groups in total. The van der Waals surface area contributed by atoms with Gasteiger partial charge in [0.2, 0.25) is 0 Å². The Hall–Kier alpha value is -3.00. The predicted octanol–water partition coefficient (Wildman–Crippen LogP) is 3.61. The number of hydrogen-bond donors (Lipinski definition) is 1. The van der Waals surface area contributed by atoms with E-state index in [1.165, 1.54) is 19.2 Å². The minimum Gasteiger partial charge on any atom is -0.495 e. The topological polar surface area (TPSA) is 88.0 Å². The first-order valence-electron chi connectivity index (χ1n) is 8.37. The monoisotopic (exact) mass is 390 g/mol. The number of urea groups is 1. The van der Waals surface area contributed by atoms with Gasteiger partial charge in [-0.25, -0.2) is 4.79 Å². The van der Waals surface area contributed by atoms with E-state index in [4.69, 9.17) is 16.3 Å². The van der Waals surface area contributed by atoms with E-state index in [9.17, 15) is 14.9 Å². The Morgan fingerprint density at radius 3 is 2.41 bits per heavy atom. The van der Waals surface area contributed by atoms with Crippen LogP contribution in [0.2, 0.25) is 5.02 Å². The van der Waals surface area contributed by atoms with Gasteiger partial charge in [-0.2, -0.15) is 0 Å². The second kappa shape index (κ2) is 8.13. The molecule has 0 atom stereocenters. The first-order valence-corrected chi connectivity index (χ1v) is 8.74. The van der Waals surface area contributed by atoms with Crippen LogP contribution in [0.15, 0.2) is 42.5 Å². The normalized spacial score (nSPS) is 14.0. The SMILES string of the molecule is COc1ccc(Cl)cc1NC(=O)N1CCN(c2ccc([N+](=O)[O-])cc2)CC1. The van der Waals surface area contributed by atoms with Crippen LogP contribution in [0.4, 0.5) is 21.9 Å². The van der Waals surface area contributed by atoms with Gasteiger partial charge in [-0.15, -0.1) is 0 Å². The number of methoxy groups -OCH3 is 1. The second-order valence-electron chi connectivity index (χ2n) is 6.02. The molecule has 0 unspecified atom stereocenters. The van der Waals surface area contributed by atoms with Crippen molar-refractivity contribution in [3.05, 3.63) is 57.6 Å². The first kappa shape index (κ1) is 18.8. The standard InChI is InChI=1S/C18H19ClN4O4/c1-27-17-7-2-13(19)12-16(17)20-18(24)22-10-8-21(9-11-22)14-3-5-15(6-4-14)23(25)26/h2-7,12H,8-11H2,1H3,(H,20,24). The fourth-order valence-electron chi connectivity index (χ4n) is 2.93. The average molecular weight is 391 g/mol. The summed E-state index contributed by atoms with van der Waals surface area (Å²) < 4.78 is 5.24. The number of amides is 2. The van der Waals surface area contributed by atoms with Crippen molar-refractivity contribution in [1.82, 2.24) is 4.90 Å². The number of halogens is 1. The summed E-state index contributed by atoms with van der Waals surface area (Å²) in [4.78, 5) is 26.7. The number of nitrogens with one attached hydrogen (secondary N) is 1. The molecule has 0 aromatic heterocycles. The third-order valence-corrected chi connectivity index (χ3v) is 4.63. The summed E-state index contributed by atoms with van der Waals surface area (Å²) >= 11 is 5.99. The zero-order valence-corrected chi connectivity index (χ0v) is 15.5. The van der Waals surface area contributed by atoms with Crippen LogP contribution in [0.1, 0.15) is 0 Å². The Morgan fingerprint density at radius 2 is 1.81 bits per heavy atom. The number of nitro groups is 1. The Balaban J connectivity index is 1.59. The zero-order valence-electron chi connectivity index (χ0n) is 14.7. The number of nitrogens with zero attached hydrogens (tertiary/aromatic N) is 3. The summed E-state index contributed by atoms with van der Waals surface area (Å²) in [5, 5.41) is 14.1. The molecule has 8 nitrogen and oxygen atoms in total. The third kappa shape index (κ3) is 4.40. The maximum atomic E-state index is 12.5. The molecule has 0 saturated carbocycles. The van der Waals surface area contributed by atoms with E-state index in [2.05, 4.69) is 10.2 Å². The van der Waals surface area contributed by atoms with Gasteiger partial charge in [-0.3, -0.25) is 10.1 Å². The molecule has 1 aliphatic heterocycles. The summed E-state index contributed by atoms with van der Waals surface area (Å²) in [6.45, 7) is 2.34. The van der Waals surface area contributed by atoms with Gasteiger partial charge in [0.1, 0.15) is 5.75 Å². The molecule has 0 spiro atoms. The maximum Gasteiger partial charge on any atom is 0.322 e. The van der Waals surface area contributed by atoms with Crippen LogP contribution in [0.25, 0.3) is 0 Å². The van der Waals surface area contributed by atoms with Crippen LogP contribution < -0.4 is 15.0 Å². The van der Waals surface area contributed by atoms with Crippen LogP contribution in [-0.2, 0) is 0 Å². The van der Waals surface area contributed by atoms with Gasteiger partial charge in [-0.1, -0.05) is 11.6 Å². The largest absolute Gasteiger partial charge is 0.495 e. The van der Waals surface area contributed by atoms with Crippen molar-refractivity contribution in [2.45, 2.75) is 0 Å². The van der Waals surface area contributed by atoms with E-state index in [0.29, 0.717) is 42.6 Å². The van der Waals surface area contributed by atoms with Crippen LogP contribution in [-0.4, -0.2) is 49.1 Å². The predicted molar refractivity (Wildman–Crippen MR) is 104 cm³/mol. The lowest BCUT2D eigenvalue weighted by Crippen LogP contribution is -2.50. The van der Waals surface area contributed by atoms with E-state index < -0.39 is 4.92 Å². The minimum atomic E-state index is -0.420. The number of piperazine rings is 1. The van der Waals surface area contributed by atoms with Gasteiger partial charge >= 0.3 is 6.03 Å². The quantitative estimate of drug-likeness (QED) is 0.636. The number of carbonyl (C=O) groups is 1. The van der Waals surface area contributed by atoms with E-state index in [1.54, 1.807) is 35.2 Å². The van der Waals surface area contributed by atoms with Crippen LogP contribution >= 0.6 is 11.6 Å². The Morgan fingerprint density at radius 1 is 1.15 bits per heavy atom. The number of carbonyl (C=O) groups excluding carboxylic acids is 1. The third-order valence-electron chi connectivity index (χ3n) is 4.40. The Bertz CT molecular complexity index is 836. The molecule has 1 saturated heterocycles. The Kier molecular flexibility index (Phi) is 5.66. The number of non-ortho nitro benzene ring substituents is 1. The van der Waals surface area contributed by atoms with Crippen LogP contribution in [0, 0.1) is 10.1 Å². The molecule has 0 aliphatic carbocycles. The van der Waals surface area contributed by atoms with Crippen LogP contribution in [0.3, 0.4) is 0 Å². The van der Waals surface area contributed by atoms with E-state index in [1.807, 2.05) is 0 Å². The fourth-order valence-corrected chi connectivity index (χ4v) is 3.10. The van der Waals surface area contributed by atoms with Gasteiger partial charge in [0.25, 0.3) is 5.69 Å². The molecule has 9 heteroatoms. The van der Waals surface area contributed by atoms with Gasteiger partial charge < -0.3 is 19.9 Å². The van der Waals surface area contributed by atoms with Crippen LogP contribution in [0.5, 0.6) is 5.75 Å². The molecular formula is C18H19ClN4O4. The molecule has 27 heavy (non-hydrogen) atoms. The lowest BCUT2D eigenvalue weighted by atomic mass is 10.2. The molecule has 2 amide bonds. The van der Waals surface area contributed by atoms with E-state index in [-0.39, 0.29) is 11.7 Å². The minimum absolute atomic E-state index is 0.0623. The highest BCUT2D eigenvalue weighted by atomic mass is 35.5. The molecule has 1 heterocycles. The smallest absolute Gasteiger partial charge is 0.322 e. The van der Waals surface area contributed by atoms with E-state index >= 15 is 0 Å². The summed E-state index contributed by atoms with van der Waals surface area (Å²) in [5.74, 6) is 0.539. The summed E-state index contributed by atoms with van der Waals surface area (Å²) in [6, 6.07) is 11.2. The summed E-state index contributed by atoms with van der Waals surface area (Å²) in [7, 11) is 1.53. The summed E-state index contributed by atoms with van der Waals surface area (Å²) in [6.07, 6.45) is 0. The maximum absolute atomic E-state index is 12.5. The zero-order chi connectivity index (χ0) is 19.4. The molecule has 3 rings (SSSR count). The molecule has 1 aliphatic rings. The first-order chi connectivity index (χ1) is 13.0. The highest BCUT2D eigenvalue weighted by molar-refractivity contribution is 6.31. The Labute approximate surface area is 161 Å². The summed E-state index contributed by atoms with van der Waals surface area (Å²) in [5.41, 5.74) is 1.48. The molecule has 142 valence electrons. The highest BCUT2D eigenvalue weighted by Crippen LogP contribution is 2.28. The number of hydrogen-bond acceptors (Lipinski definition) is 5. The highest BCUT2D eigenvalue weighted by Gasteiger charge is 2.22. The fraction of sp³-hybridized carbons (Fsp3) is 0.278. The van der Waals surface area contributed by atoms with Crippen molar-refractivity contribution in [2.75, 3.05) is 43.5 Å². The number of nitro benzene ring substituents is 1. The van der Waals surface area contributed by atoms with Crippen molar-refractivity contribution >= 4 is 34.7 Å². The van der Waals surface area contributed by atoms with E-state index in [0.717, 1.165) is 5.69 Å². The average Bonchev–Trinajstić information content (AvgIpc) is 2.68. The molecule has 2 aromatic rings. The molecule has 1 fully saturated rings. The lowest BCUT2D eigenvalue weighted by molar-refractivity contribution is -0.384. The van der Waals surface area contributed by atoms with Crippen molar-refractivity contribution in [3.63, 3.8) is 0 Å². The second-order valence-corrected chi connectivity index (χ2v) is 6.46. The van der Waals surface area contributed by atoms with Crippen molar-refractivity contribution < 1.29 is 14.5 Å². The molecule has 0 bridgehead atoms. The number of anilines is 2. The number of rotatable bonds is 4. The van der Waals surface area contributed by atoms with Gasteiger partial charge in [0, 0.05) is 49.0 Å². The van der Waals surface area contributed by atoms with Gasteiger partial charge in [0.05, 0.1) is 17.7 Å². The molecule has 0 radical (unpaired) electrons. The van der Waals surface area contributed by atoms with Gasteiger partial charge in [-0.05, 0) is 30.3 Å². The van der Waals surface area contributed by atoms with Crippen molar-refractivity contribution in [3.8, 4) is 5.75 Å². The lowest BCUT2D eigenvalue weighted by Gasteiger charge is -2.36. The van der Waals surface area contributed by atoms with Crippen molar-refractivity contribution in [1.29, 1.82) is 0 Å².